The lowest BCUT2D eigenvalue weighted by atomic mass is 10.1. The van der Waals surface area contributed by atoms with Crippen molar-refractivity contribution in [3.8, 4) is 0 Å². The van der Waals surface area contributed by atoms with E-state index in [-0.39, 0.29) is 16.9 Å². The fourth-order valence-electron chi connectivity index (χ4n) is 1.11. The van der Waals surface area contributed by atoms with Gasteiger partial charge in [-0.25, -0.2) is 9.59 Å². The SMILES string of the molecule is COC(=O)c1cc(C(C)=O)c(=O)oc1C. The van der Waals surface area contributed by atoms with Crippen LogP contribution < -0.4 is 5.63 Å². The molecule has 0 aromatic carbocycles. The summed E-state index contributed by atoms with van der Waals surface area (Å²) < 4.78 is 9.23. The van der Waals surface area contributed by atoms with E-state index in [1.807, 2.05) is 0 Å². The van der Waals surface area contributed by atoms with E-state index in [9.17, 15) is 14.4 Å². The van der Waals surface area contributed by atoms with Gasteiger partial charge in [-0.15, -0.1) is 0 Å². The smallest absolute Gasteiger partial charge is 0.346 e. The van der Waals surface area contributed by atoms with Crippen LogP contribution in [0.5, 0.6) is 0 Å². The van der Waals surface area contributed by atoms with Gasteiger partial charge in [0, 0.05) is 0 Å². The van der Waals surface area contributed by atoms with Gasteiger partial charge in [0.2, 0.25) is 0 Å². The number of aryl methyl sites for hydroxylation is 1. The van der Waals surface area contributed by atoms with Gasteiger partial charge in [0.15, 0.2) is 5.78 Å². The van der Waals surface area contributed by atoms with Gasteiger partial charge in [0.1, 0.15) is 11.3 Å². The molecule has 0 radical (unpaired) electrons. The molecule has 0 saturated carbocycles. The predicted molar refractivity (Wildman–Crippen MR) is 51.1 cm³/mol. The zero-order chi connectivity index (χ0) is 11.6. The van der Waals surface area contributed by atoms with Crippen molar-refractivity contribution in [1.82, 2.24) is 0 Å². The van der Waals surface area contributed by atoms with Crippen LogP contribution in [-0.4, -0.2) is 18.9 Å². The first-order valence-electron chi connectivity index (χ1n) is 4.21. The number of carbonyl (C=O) groups excluding carboxylic acids is 2. The average Bonchev–Trinajstić information content (AvgIpc) is 2.16. The highest BCUT2D eigenvalue weighted by molar-refractivity contribution is 5.97. The van der Waals surface area contributed by atoms with E-state index >= 15 is 0 Å². The standard InChI is InChI=1S/C10H10O5/c1-5(11)7-4-8(9(12)14-3)6(2)15-10(7)13/h4H,1-3H3. The maximum absolute atomic E-state index is 11.2. The van der Waals surface area contributed by atoms with Crippen LogP contribution in [0.15, 0.2) is 15.3 Å². The molecule has 0 aliphatic rings. The van der Waals surface area contributed by atoms with Crippen LogP contribution in [0.3, 0.4) is 0 Å². The summed E-state index contributed by atoms with van der Waals surface area (Å²) in [7, 11) is 1.21. The van der Waals surface area contributed by atoms with Crippen molar-refractivity contribution >= 4 is 11.8 Å². The van der Waals surface area contributed by atoms with E-state index in [1.165, 1.54) is 27.0 Å². The first-order valence-corrected chi connectivity index (χ1v) is 4.21. The number of esters is 1. The number of ether oxygens (including phenoxy) is 1. The minimum atomic E-state index is -0.743. The van der Waals surface area contributed by atoms with E-state index in [0.29, 0.717) is 0 Å². The Morgan fingerprint density at radius 3 is 2.40 bits per heavy atom. The summed E-state index contributed by atoms with van der Waals surface area (Å²) in [4.78, 5) is 33.5. The van der Waals surface area contributed by atoms with E-state index in [0.717, 1.165) is 0 Å². The van der Waals surface area contributed by atoms with Gasteiger partial charge in [-0.3, -0.25) is 4.79 Å². The summed E-state index contributed by atoms with van der Waals surface area (Å²) in [6.45, 7) is 2.68. The Labute approximate surface area is 85.7 Å². The fraction of sp³-hybridized carbons (Fsp3) is 0.300. The van der Waals surface area contributed by atoms with Gasteiger partial charge < -0.3 is 9.15 Å². The van der Waals surface area contributed by atoms with Gasteiger partial charge in [0.25, 0.3) is 0 Å². The molecule has 1 rings (SSSR count). The monoisotopic (exact) mass is 210 g/mol. The largest absolute Gasteiger partial charge is 0.465 e. The third-order valence-corrected chi connectivity index (χ3v) is 1.92. The predicted octanol–water partition coefficient (Wildman–Crippen LogP) is 0.937. The molecule has 5 heteroatoms. The van der Waals surface area contributed by atoms with Crippen LogP contribution in [0.1, 0.15) is 33.4 Å². The lowest BCUT2D eigenvalue weighted by Gasteiger charge is -2.03. The number of methoxy groups -OCH3 is 1. The Balaban J connectivity index is 3.43. The molecule has 0 spiro atoms. The molecule has 0 atom stereocenters. The first kappa shape index (κ1) is 11.2. The van der Waals surface area contributed by atoms with Crippen molar-refractivity contribution in [3.05, 3.63) is 33.4 Å². The van der Waals surface area contributed by atoms with Gasteiger partial charge in [-0.1, -0.05) is 0 Å². The van der Waals surface area contributed by atoms with Crippen molar-refractivity contribution in [3.63, 3.8) is 0 Å². The Hall–Kier alpha value is -1.91. The lowest BCUT2D eigenvalue weighted by Crippen LogP contribution is -2.16. The number of rotatable bonds is 2. The number of hydrogen-bond donors (Lipinski definition) is 0. The minimum absolute atomic E-state index is 0.0855. The van der Waals surface area contributed by atoms with Crippen LogP contribution in [0.2, 0.25) is 0 Å². The highest BCUT2D eigenvalue weighted by atomic mass is 16.5. The number of Topliss-reactive ketones (excluding diaryl/α,β-unsaturated/α-hetero) is 1. The highest BCUT2D eigenvalue weighted by Crippen LogP contribution is 2.09. The second-order valence-corrected chi connectivity index (χ2v) is 2.97. The van der Waals surface area contributed by atoms with Crippen molar-refractivity contribution < 1.29 is 18.7 Å². The Kier molecular flexibility index (Phi) is 3.04. The van der Waals surface area contributed by atoms with Crippen LogP contribution in [-0.2, 0) is 4.74 Å². The summed E-state index contributed by atoms with van der Waals surface area (Å²) in [6, 6.07) is 1.19. The van der Waals surface area contributed by atoms with E-state index in [1.54, 1.807) is 0 Å². The molecule has 1 heterocycles. The molecular formula is C10H10O5. The molecule has 0 unspecified atom stereocenters. The molecular weight excluding hydrogens is 200 g/mol. The number of ketones is 1. The summed E-state index contributed by atoms with van der Waals surface area (Å²) >= 11 is 0. The van der Waals surface area contributed by atoms with Crippen molar-refractivity contribution in [2.24, 2.45) is 0 Å². The van der Waals surface area contributed by atoms with Crippen molar-refractivity contribution in [2.45, 2.75) is 13.8 Å². The third-order valence-electron chi connectivity index (χ3n) is 1.92. The lowest BCUT2D eigenvalue weighted by molar-refractivity contribution is 0.0596. The maximum atomic E-state index is 11.2. The zero-order valence-corrected chi connectivity index (χ0v) is 8.62. The second kappa shape index (κ2) is 4.08. The normalized spacial score (nSPS) is 9.80. The molecule has 0 aliphatic heterocycles. The maximum Gasteiger partial charge on any atom is 0.346 e. The van der Waals surface area contributed by atoms with E-state index in [4.69, 9.17) is 4.42 Å². The summed E-state index contributed by atoms with van der Waals surface area (Å²) in [5.74, 6) is -0.954. The molecule has 15 heavy (non-hydrogen) atoms. The van der Waals surface area contributed by atoms with Crippen LogP contribution in [0.4, 0.5) is 0 Å². The van der Waals surface area contributed by atoms with Crippen molar-refractivity contribution in [2.75, 3.05) is 7.11 Å². The van der Waals surface area contributed by atoms with Crippen LogP contribution in [0, 0.1) is 6.92 Å². The molecule has 0 fully saturated rings. The molecule has 80 valence electrons. The fourth-order valence-corrected chi connectivity index (χ4v) is 1.11. The molecule has 1 aromatic heterocycles. The van der Waals surface area contributed by atoms with Gasteiger partial charge in [-0.2, -0.15) is 0 Å². The molecule has 0 saturated heterocycles. The molecule has 5 nitrogen and oxygen atoms in total. The van der Waals surface area contributed by atoms with Crippen LogP contribution >= 0.6 is 0 Å². The topological polar surface area (TPSA) is 73.6 Å². The third kappa shape index (κ3) is 2.12. The molecule has 0 aliphatic carbocycles. The summed E-state index contributed by atoms with van der Waals surface area (Å²) in [5.41, 5.74) is -0.809. The Morgan fingerprint density at radius 1 is 1.33 bits per heavy atom. The Bertz CT molecular complexity index is 469. The number of carbonyl (C=O) groups is 2. The Morgan fingerprint density at radius 2 is 1.93 bits per heavy atom. The molecule has 1 aromatic rings. The van der Waals surface area contributed by atoms with Gasteiger partial charge in [0.05, 0.1) is 12.7 Å². The first-order chi connectivity index (χ1) is 6.97. The highest BCUT2D eigenvalue weighted by Gasteiger charge is 2.16. The zero-order valence-electron chi connectivity index (χ0n) is 8.62. The van der Waals surface area contributed by atoms with Gasteiger partial charge in [-0.05, 0) is 19.9 Å². The quantitative estimate of drug-likeness (QED) is 0.536. The minimum Gasteiger partial charge on any atom is -0.465 e. The van der Waals surface area contributed by atoms with E-state index < -0.39 is 17.4 Å². The van der Waals surface area contributed by atoms with E-state index in [2.05, 4.69) is 4.74 Å². The summed E-state index contributed by atoms with van der Waals surface area (Å²) in [5, 5.41) is 0. The average molecular weight is 210 g/mol. The summed E-state index contributed by atoms with van der Waals surface area (Å²) in [6.07, 6.45) is 0. The van der Waals surface area contributed by atoms with Crippen molar-refractivity contribution in [1.29, 1.82) is 0 Å². The second-order valence-electron chi connectivity index (χ2n) is 2.97. The van der Waals surface area contributed by atoms with Gasteiger partial charge >= 0.3 is 11.6 Å². The molecule has 0 bridgehead atoms. The molecule has 0 amide bonds. The molecule has 0 N–H and O–H groups in total. The van der Waals surface area contributed by atoms with Crippen LogP contribution in [0.25, 0.3) is 0 Å². The number of hydrogen-bond acceptors (Lipinski definition) is 5.